The molecule has 7 heteroatoms. The van der Waals surface area contributed by atoms with Gasteiger partial charge in [-0.25, -0.2) is 4.98 Å². The predicted molar refractivity (Wildman–Crippen MR) is 88.7 cm³/mol. The van der Waals surface area contributed by atoms with Crippen molar-refractivity contribution in [1.29, 1.82) is 0 Å². The van der Waals surface area contributed by atoms with Gasteiger partial charge >= 0.3 is 0 Å². The molecular weight excluding hydrogens is 294 g/mol. The topological polar surface area (TPSA) is 78.7 Å². The maximum atomic E-state index is 12.4. The van der Waals surface area contributed by atoms with Gasteiger partial charge in [0.25, 0.3) is 11.8 Å². The average molecular weight is 317 g/mol. The van der Waals surface area contributed by atoms with Gasteiger partial charge in [-0.3, -0.25) is 14.0 Å². The Morgan fingerprint density at radius 3 is 2.61 bits per heavy atom. The lowest BCUT2D eigenvalue weighted by Gasteiger charge is -2.09. The normalized spacial score (nSPS) is 11.0. The van der Waals surface area contributed by atoms with E-state index in [0.717, 1.165) is 13.0 Å². The fourth-order valence-corrected chi connectivity index (χ4v) is 2.16. The van der Waals surface area contributed by atoms with Crippen LogP contribution in [-0.4, -0.2) is 59.8 Å². The number of nitrogens with one attached hydrogen (secondary N) is 2. The van der Waals surface area contributed by atoms with Crippen molar-refractivity contribution in [3.8, 4) is 0 Å². The van der Waals surface area contributed by atoms with Crippen LogP contribution in [0.2, 0.25) is 0 Å². The lowest BCUT2D eigenvalue weighted by atomic mass is 10.3. The summed E-state index contributed by atoms with van der Waals surface area (Å²) in [7, 11) is 3.88. The SMILES string of the molecule is CCCNC(=O)c1nc(C(=O)NCCN(C)C)c2ccccn12. The van der Waals surface area contributed by atoms with Crippen LogP contribution in [0.1, 0.15) is 34.5 Å². The number of fused-ring (bicyclic) bond motifs is 1. The molecule has 0 unspecified atom stereocenters. The Bertz CT molecular complexity index is 693. The quantitative estimate of drug-likeness (QED) is 0.790. The zero-order chi connectivity index (χ0) is 16.8. The molecule has 2 rings (SSSR count). The lowest BCUT2D eigenvalue weighted by Crippen LogP contribution is -2.31. The molecule has 0 saturated carbocycles. The second kappa shape index (κ2) is 7.73. The second-order valence-electron chi connectivity index (χ2n) is 5.55. The molecular formula is C16H23N5O2. The predicted octanol–water partition coefficient (Wildman–Crippen LogP) is 0.766. The van der Waals surface area contributed by atoms with E-state index in [-0.39, 0.29) is 23.3 Å². The van der Waals surface area contributed by atoms with Crippen LogP contribution in [0.3, 0.4) is 0 Å². The summed E-state index contributed by atoms with van der Waals surface area (Å²) in [6, 6.07) is 5.41. The highest BCUT2D eigenvalue weighted by molar-refractivity contribution is 6.02. The Labute approximate surface area is 135 Å². The zero-order valence-electron chi connectivity index (χ0n) is 13.8. The first-order valence-corrected chi connectivity index (χ1v) is 7.72. The minimum absolute atomic E-state index is 0.229. The van der Waals surface area contributed by atoms with E-state index in [1.807, 2.05) is 32.0 Å². The standard InChI is InChI=1S/C16H23N5O2/c1-4-8-17-16(23)14-19-13(12-7-5-6-10-21(12)14)15(22)18-9-11-20(2)3/h5-7,10H,4,8-9,11H2,1-3H3,(H,17,23)(H,18,22). The van der Waals surface area contributed by atoms with Crippen LogP contribution < -0.4 is 10.6 Å². The summed E-state index contributed by atoms with van der Waals surface area (Å²) < 4.78 is 1.64. The maximum absolute atomic E-state index is 12.4. The molecule has 2 amide bonds. The van der Waals surface area contributed by atoms with Gasteiger partial charge in [0.1, 0.15) is 0 Å². The number of hydrogen-bond donors (Lipinski definition) is 2. The number of carbonyl (C=O) groups is 2. The monoisotopic (exact) mass is 317 g/mol. The highest BCUT2D eigenvalue weighted by atomic mass is 16.2. The number of likely N-dealkylation sites (N-methyl/N-ethyl adjacent to an activating group) is 1. The Balaban J connectivity index is 2.26. The fourth-order valence-electron chi connectivity index (χ4n) is 2.16. The van der Waals surface area contributed by atoms with Gasteiger partial charge < -0.3 is 15.5 Å². The molecule has 0 fully saturated rings. The number of pyridine rings is 1. The molecule has 0 aliphatic heterocycles. The van der Waals surface area contributed by atoms with E-state index < -0.39 is 0 Å². The zero-order valence-corrected chi connectivity index (χ0v) is 13.8. The van der Waals surface area contributed by atoms with Crippen LogP contribution in [0, 0.1) is 0 Å². The van der Waals surface area contributed by atoms with Gasteiger partial charge in [0, 0.05) is 25.8 Å². The number of hydrogen-bond acceptors (Lipinski definition) is 4. The largest absolute Gasteiger partial charge is 0.349 e. The van der Waals surface area contributed by atoms with Gasteiger partial charge in [0.15, 0.2) is 5.69 Å². The van der Waals surface area contributed by atoms with Gasteiger partial charge in [0.2, 0.25) is 5.82 Å². The van der Waals surface area contributed by atoms with Crippen molar-refractivity contribution in [2.24, 2.45) is 0 Å². The Kier molecular flexibility index (Phi) is 5.70. The number of rotatable bonds is 7. The first kappa shape index (κ1) is 17.0. The number of amides is 2. The van der Waals surface area contributed by atoms with Crippen LogP contribution in [0.25, 0.3) is 5.52 Å². The van der Waals surface area contributed by atoms with E-state index in [0.29, 0.717) is 18.6 Å². The number of aromatic nitrogens is 2. The van der Waals surface area contributed by atoms with E-state index in [1.165, 1.54) is 0 Å². The second-order valence-corrected chi connectivity index (χ2v) is 5.55. The molecule has 2 aromatic rings. The van der Waals surface area contributed by atoms with Gasteiger partial charge in [0.05, 0.1) is 5.52 Å². The summed E-state index contributed by atoms with van der Waals surface area (Å²) in [4.78, 5) is 30.8. The van der Waals surface area contributed by atoms with Crippen molar-refractivity contribution >= 4 is 17.3 Å². The smallest absolute Gasteiger partial charge is 0.287 e. The fraction of sp³-hybridized carbons (Fsp3) is 0.438. The minimum Gasteiger partial charge on any atom is -0.349 e. The van der Waals surface area contributed by atoms with Crippen LogP contribution in [0.15, 0.2) is 24.4 Å². The molecule has 23 heavy (non-hydrogen) atoms. The molecule has 124 valence electrons. The Morgan fingerprint density at radius 2 is 1.91 bits per heavy atom. The molecule has 7 nitrogen and oxygen atoms in total. The molecule has 0 atom stereocenters. The van der Waals surface area contributed by atoms with Crippen molar-refractivity contribution in [3.05, 3.63) is 35.9 Å². The summed E-state index contributed by atoms with van der Waals surface area (Å²) in [5.41, 5.74) is 0.891. The number of imidazole rings is 1. The van der Waals surface area contributed by atoms with E-state index in [1.54, 1.807) is 22.7 Å². The molecule has 2 N–H and O–H groups in total. The highest BCUT2D eigenvalue weighted by Crippen LogP contribution is 2.13. The van der Waals surface area contributed by atoms with Gasteiger partial charge in [-0.2, -0.15) is 0 Å². The summed E-state index contributed by atoms with van der Waals surface area (Å²) in [5, 5.41) is 5.62. The van der Waals surface area contributed by atoms with Crippen molar-refractivity contribution < 1.29 is 9.59 Å². The third-order valence-electron chi connectivity index (χ3n) is 3.35. The van der Waals surface area contributed by atoms with Gasteiger partial charge in [-0.1, -0.05) is 13.0 Å². The molecule has 2 aromatic heterocycles. The van der Waals surface area contributed by atoms with E-state index in [9.17, 15) is 9.59 Å². The molecule has 0 aromatic carbocycles. The first-order chi connectivity index (χ1) is 11.0. The van der Waals surface area contributed by atoms with Crippen molar-refractivity contribution in [3.63, 3.8) is 0 Å². The minimum atomic E-state index is -0.277. The van der Waals surface area contributed by atoms with Crippen molar-refractivity contribution in [1.82, 2.24) is 24.9 Å². The molecule has 0 aliphatic rings. The summed E-state index contributed by atoms with van der Waals surface area (Å²) in [5.74, 6) is -0.322. The highest BCUT2D eigenvalue weighted by Gasteiger charge is 2.20. The molecule has 0 radical (unpaired) electrons. The van der Waals surface area contributed by atoms with E-state index in [2.05, 4.69) is 15.6 Å². The van der Waals surface area contributed by atoms with Crippen LogP contribution in [-0.2, 0) is 0 Å². The van der Waals surface area contributed by atoms with Gasteiger partial charge in [-0.05, 0) is 32.6 Å². The lowest BCUT2D eigenvalue weighted by molar-refractivity contribution is 0.0942. The summed E-state index contributed by atoms with van der Waals surface area (Å²) in [6.45, 7) is 3.81. The molecule has 2 heterocycles. The van der Waals surface area contributed by atoms with E-state index in [4.69, 9.17) is 0 Å². The molecule has 0 saturated heterocycles. The van der Waals surface area contributed by atoms with Crippen molar-refractivity contribution in [2.75, 3.05) is 33.7 Å². The molecule has 0 aliphatic carbocycles. The Morgan fingerprint density at radius 1 is 1.17 bits per heavy atom. The average Bonchev–Trinajstić information content (AvgIpc) is 2.92. The third-order valence-corrected chi connectivity index (χ3v) is 3.35. The summed E-state index contributed by atoms with van der Waals surface area (Å²) in [6.07, 6.45) is 2.58. The van der Waals surface area contributed by atoms with Crippen LogP contribution in [0.4, 0.5) is 0 Å². The van der Waals surface area contributed by atoms with Gasteiger partial charge in [-0.15, -0.1) is 0 Å². The van der Waals surface area contributed by atoms with Crippen LogP contribution >= 0.6 is 0 Å². The first-order valence-electron chi connectivity index (χ1n) is 7.72. The summed E-state index contributed by atoms with van der Waals surface area (Å²) >= 11 is 0. The van der Waals surface area contributed by atoms with Crippen LogP contribution in [0.5, 0.6) is 0 Å². The Hall–Kier alpha value is -2.41. The number of carbonyl (C=O) groups excluding carboxylic acids is 2. The molecule has 0 spiro atoms. The van der Waals surface area contributed by atoms with Crippen molar-refractivity contribution in [2.45, 2.75) is 13.3 Å². The molecule has 0 bridgehead atoms. The van der Waals surface area contributed by atoms with E-state index >= 15 is 0 Å². The maximum Gasteiger partial charge on any atom is 0.287 e. The number of nitrogens with zero attached hydrogens (tertiary/aromatic N) is 3. The third kappa shape index (κ3) is 4.07.